The molecular weight excluding hydrogens is 284 g/mol. The van der Waals surface area contributed by atoms with Gasteiger partial charge < -0.3 is 15.7 Å². The molecule has 23 heavy (non-hydrogen) atoms. The number of aryl methyl sites for hydroxylation is 1. The molecule has 0 fully saturated rings. The van der Waals surface area contributed by atoms with Crippen LogP contribution >= 0.6 is 0 Å². The zero-order valence-corrected chi connectivity index (χ0v) is 14.4. The summed E-state index contributed by atoms with van der Waals surface area (Å²) in [5, 5.41) is 18.1. The number of nitrogens with one attached hydrogen (secondary N) is 2. The molecule has 0 spiro atoms. The van der Waals surface area contributed by atoms with Gasteiger partial charge in [0.15, 0.2) is 0 Å². The van der Waals surface area contributed by atoms with Crippen LogP contribution in [0.1, 0.15) is 49.9 Å². The van der Waals surface area contributed by atoms with Gasteiger partial charge in [-0.3, -0.25) is 0 Å². The van der Waals surface area contributed by atoms with Crippen LogP contribution in [-0.2, 0) is 5.60 Å². The van der Waals surface area contributed by atoms with Crippen LogP contribution in [0.5, 0.6) is 0 Å². The molecular formula is C20H26N2O. The standard InChI is InChI=1S/C20H26N2O/c1-13(2)21-16-10-14(3)19-17(11-16)20(4,23)12-18(22-19)15-8-6-5-7-9-15/h5-11,13,18,21-23H,12H2,1-4H3. The van der Waals surface area contributed by atoms with E-state index in [-0.39, 0.29) is 6.04 Å². The maximum Gasteiger partial charge on any atom is 0.0912 e. The van der Waals surface area contributed by atoms with E-state index >= 15 is 0 Å². The van der Waals surface area contributed by atoms with Crippen molar-refractivity contribution in [2.24, 2.45) is 0 Å². The van der Waals surface area contributed by atoms with E-state index in [9.17, 15) is 5.11 Å². The summed E-state index contributed by atoms with van der Waals surface area (Å²) in [6.07, 6.45) is 0.661. The van der Waals surface area contributed by atoms with Gasteiger partial charge in [0.1, 0.15) is 0 Å². The lowest BCUT2D eigenvalue weighted by atomic mass is 9.80. The van der Waals surface area contributed by atoms with Crippen molar-refractivity contribution in [2.75, 3.05) is 10.6 Å². The fourth-order valence-electron chi connectivity index (χ4n) is 3.44. The third-order valence-corrected chi connectivity index (χ3v) is 4.49. The highest BCUT2D eigenvalue weighted by Crippen LogP contribution is 2.45. The molecule has 0 saturated carbocycles. The van der Waals surface area contributed by atoms with E-state index in [1.165, 1.54) is 5.56 Å². The zero-order chi connectivity index (χ0) is 16.6. The highest BCUT2D eigenvalue weighted by molar-refractivity contribution is 5.68. The number of rotatable bonds is 3. The quantitative estimate of drug-likeness (QED) is 0.777. The largest absolute Gasteiger partial charge is 0.385 e. The number of hydrogen-bond donors (Lipinski definition) is 3. The number of anilines is 2. The molecule has 2 atom stereocenters. The molecule has 1 aliphatic rings. The molecule has 1 aliphatic heterocycles. The van der Waals surface area contributed by atoms with E-state index in [0.717, 1.165) is 22.5 Å². The Kier molecular flexibility index (Phi) is 4.07. The van der Waals surface area contributed by atoms with Crippen LogP contribution in [0, 0.1) is 6.92 Å². The summed E-state index contributed by atoms with van der Waals surface area (Å²) < 4.78 is 0. The minimum atomic E-state index is -0.847. The van der Waals surface area contributed by atoms with E-state index in [2.05, 4.69) is 55.7 Å². The van der Waals surface area contributed by atoms with Crippen LogP contribution in [-0.4, -0.2) is 11.1 Å². The van der Waals surface area contributed by atoms with Crippen molar-refractivity contribution in [1.29, 1.82) is 0 Å². The summed E-state index contributed by atoms with van der Waals surface area (Å²) in [5.41, 5.74) is 4.63. The topological polar surface area (TPSA) is 44.3 Å². The smallest absolute Gasteiger partial charge is 0.0912 e. The van der Waals surface area contributed by atoms with Crippen molar-refractivity contribution in [3.63, 3.8) is 0 Å². The summed E-state index contributed by atoms with van der Waals surface area (Å²) in [7, 11) is 0. The average molecular weight is 310 g/mol. The summed E-state index contributed by atoms with van der Waals surface area (Å²) in [6, 6.07) is 15.1. The van der Waals surface area contributed by atoms with Crippen molar-refractivity contribution >= 4 is 11.4 Å². The fourth-order valence-corrected chi connectivity index (χ4v) is 3.44. The molecule has 3 nitrogen and oxygen atoms in total. The van der Waals surface area contributed by atoms with Crippen LogP contribution < -0.4 is 10.6 Å². The average Bonchev–Trinajstić information content (AvgIpc) is 2.48. The van der Waals surface area contributed by atoms with Crippen molar-refractivity contribution in [2.45, 2.75) is 51.8 Å². The molecule has 0 saturated heterocycles. The van der Waals surface area contributed by atoms with E-state index in [4.69, 9.17) is 0 Å². The molecule has 0 aromatic heterocycles. The molecule has 2 aromatic rings. The second-order valence-corrected chi connectivity index (χ2v) is 7.10. The predicted octanol–water partition coefficient (Wildman–Crippen LogP) is 4.58. The first kappa shape index (κ1) is 15.9. The Bertz CT molecular complexity index is 692. The lowest BCUT2D eigenvalue weighted by Gasteiger charge is -2.39. The number of hydrogen-bond acceptors (Lipinski definition) is 3. The Morgan fingerprint density at radius 3 is 2.57 bits per heavy atom. The van der Waals surface area contributed by atoms with Gasteiger partial charge >= 0.3 is 0 Å². The molecule has 122 valence electrons. The van der Waals surface area contributed by atoms with Gasteiger partial charge in [-0.05, 0) is 51.0 Å². The van der Waals surface area contributed by atoms with Gasteiger partial charge in [0.05, 0.1) is 11.6 Å². The highest BCUT2D eigenvalue weighted by atomic mass is 16.3. The Hall–Kier alpha value is -2.00. The molecule has 0 radical (unpaired) electrons. The number of aliphatic hydroxyl groups is 1. The lowest BCUT2D eigenvalue weighted by molar-refractivity contribution is 0.0385. The Morgan fingerprint density at radius 1 is 1.22 bits per heavy atom. The predicted molar refractivity (Wildman–Crippen MR) is 96.9 cm³/mol. The summed E-state index contributed by atoms with van der Waals surface area (Å²) in [4.78, 5) is 0. The summed E-state index contributed by atoms with van der Waals surface area (Å²) in [6.45, 7) is 8.26. The van der Waals surface area contributed by atoms with Crippen LogP contribution in [0.4, 0.5) is 11.4 Å². The minimum Gasteiger partial charge on any atom is -0.385 e. The lowest BCUT2D eigenvalue weighted by Crippen LogP contribution is -2.34. The maximum atomic E-state index is 11.1. The Labute approximate surface area is 138 Å². The van der Waals surface area contributed by atoms with Crippen molar-refractivity contribution in [1.82, 2.24) is 0 Å². The van der Waals surface area contributed by atoms with E-state index < -0.39 is 5.60 Å². The summed E-state index contributed by atoms with van der Waals surface area (Å²) >= 11 is 0. The minimum absolute atomic E-state index is 0.126. The van der Waals surface area contributed by atoms with Crippen LogP contribution in [0.2, 0.25) is 0 Å². The molecule has 2 unspecified atom stereocenters. The van der Waals surface area contributed by atoms with Crippen LogP contribution in [0.15, 0.2) is 42.5 Å². The Balaban J connectivity index is 2.01. The highest BCUT2D eigenvalue weighted by Gasteiger charge is 2.36. The van der Waals surface area contributed by atoms with Gasteiger partial charge in [-0.2, -0.15) is 0 Å². The van der Waals surface area contributed by atoms with Crippen molar-refractivity contribution in [3.8, 4) is 0 Å². The molecule has 2 aromatic carbocycles. The Morgan fingerprint density at radius 2 is 1.91 bits per heavy atom. The molecule has 0 bridgehead atoms. The van der Waals surface area contributed by atoms with E-state index in [1.807, 2.05) is 25.1 Å². The third-order valence-electron chi connectivity index (χ3n) is 4.49. The second-order valence-electron chi connectivity index (χ2n) is 7.10. The molecule has 1 heterocycles. The zero-order valence-electron chi connectivity index (χ0n) is 14.4. The van der Waals surface area contributed by atoms with Crippen LogP contribution in [0.3, 0.4) is 0 Å². The van der Waals surface area contributed by atoms with Gasteiger partial charge in [0, 0.05) is 29.4 Å². The van der Waals surface area contributed by atoms with Gasteiger partial charge in [0.25, 0.3) is 0 Å². The molecule has 3 N–H and O–H groups in total. The van der Waals surface area contributed by atoms with Gasteiger partial charge in [-0.15, -0.1) is 0 Å². The van der Waals surface area contributed by atoms with Crippen LogP contribution in [0.25, 0.3) is 0 Å². The van der Waals surface area contributed by atoms with Crippen molar-refractivity contribution in [3.05, 3.63) is 59.2 Å². The molecule has 3 heteroatoms. The monoisotopic (exact) mass is 310 g/mol. The number of fused-ring (bicyclic) bond motifs is 1. The van der Waals surface area contributed by atoms with Crippen molar-refractivity contribution < 1.29 is 5.11 Å². The first-order valence-corrected chi connectivity index (χ1v) is 8.32. The first-order chi connectivity index (χ1) is 10.9. The number of benzene rings is 2. The van der Waals surface area contributed by atoms with Gasteiger partial charge in [0.2, 0.25) is 0 Å². The fraction of sp³-hybridized carbons (Fsp3) is 0.400. The maximum absolute atomic E-state index is 11.1. The van der Waals surface area contributed by atoms with E-state index in [0.29, 0.717) is 12.5 Å². The normalized spacial score (nSPS) is 23.3. The van der Waals surface area contributed by atoms with E-state index in [1.54, 1.807) is 0 Å². The SMILES string of the molecule is Cc1cc(NC(C)C)cc2c1NC(c1ccccc1)CC2(C)O. The first-order valence-electron chi connectivity index (χ1n) is 8.32. The molecule has 0 amide bonds. The third kappa shape index (κ3) is 3.20. The summed E-state index contributed by atoms with van der Waals surface area (Å²) in [5.74, 6) is 0. The second kappa shape index (κ2) is 5.89. The molecule has 3 rings (SSSR count). The molecule has 0 aliphatic carbocycles. The van der Waals surface area contributed by atoms with Gasteiger partial charge in [-0.25, -0.2) is 0 Å². The van der Waals surface area contributed by atoms with Gasteiger partial charge in [-0.1, -0.05) is 30.3 Å².